The van der Waals surface area contributed by atoms with Crippen molar-refractivity contribution in [3.05, 3.63) is 40.5 Å². The van der Waals surface area contributed by atoms with Crippen molar-refractivity contribution in [2.75, 3.05) is 39.3 Å². The van der Waals surface area contributed by atoms with Gasteiger partial charge in [-0.15, -0.1) is 11.3 Å². The molecule has 1 fully saturated rings. The number of aldehydes is 1. The van der Waals surface area contributed by atoms with Crippen molar-refractivity contribution in [2.45, 2.75) is 6.42 Å². The van der Waals surface area contributed by atoms with Crippen LogP contribution in [-0.2, 0) is 11.2 Å². The molecule has 8 nitrogen and oxygen atoms in total. The van der Waals surface area contributed by atoms with Gasteiger partial charge < -0.3 is 14.4 Å². The van der Waals surface area contributed by atoms with Crippen LogP contribution in [0.2, 0.25) is 0 Å². The molecule has 1 N–H and O–H groups in total. The van der Waals surface area contributed by atoms with Gasteiger partial charge in [0.1, 0.15) is 12.0 Å². The van der Waals surface area contributed by atoms with E-state index in [1.54, 1.807) is 6.20 Å². The van der Waals surface area contributed by atoms with E-state index in [4.69, 9.17) is 9.72 Å². The Hall–Kier alpha value is -3.04. The first kappa shape index (κ1) is 19.0. The van der Waals surface area contributed by atoms with Gasteiger partial charge in [0.05, 0.1) is 25.0 Å². The average Bonchev–Trinajstić information content (AvgIpc) is 3.42. The fraction of sp³-hybridized carbons (Fsp3) is 0.333. The number of H-pyrrole nitrogens is 1. The first-order valence-electron chi connectivity index (χ1n) is 9.94. The minimum atomic E-state index is -0.0312. The first-order valence-corrected chi connectivity index (χ1v) is 10.8. The number of aromatic amines is 1. The zero-order chi connectivity index (χ0) is 20.5. The molecular formula is C21H21N5O3S. The quantitative estimate of drug-likeness (QED) is 0.646. The molecule has 5 rings (SSSR count). The van der Waals surface area contributed by atoms with Crippen LogP contribution in [0.15, 0.2) is 30.6 Å². The average molecular weight is 423 g/mol. The first-order chi connectivity index (χ1) is 14.7. The van der Waals surface area contributed by atoms with E-state index in [1.807, 2.05) is 29.3 Å². The fourth-order valence-electron chi connectivity index (χ4n) is 3.88. The van der Waals surface area contributed by atoms with E-state index in [1.165, 1.54) is 11.3 Å². The highest BCUT2D eigenvalue weighted by molar-refractivity contribution is 7.14. The van der Waals surface area contributed by atoms with Crippen molar-refractivity contribution < 1.29 is 14.3 Å². The fourth-order valence-corrected chi connectivity index (χ4v) is 4.90. The summed E-state index contributed by atoms with van der Waals surface area (Å²) >= 11 is 1.46. The lowest BCUT2D eigenvalue weighted by molar-refractivity contribution is -0.109. The number of benzene rings is 1. The third-order valence-electron chi connectivity index (χ3n) is 5.53. The smallest absolute Gasteiger partial charge is 0.282 e. The maximum atomic E-state index is 13.0. The van der Waals surface area contributed by atoms with Crippen LogP contribution in [0.1, 0.15) is 14.7 Å². The normalized spacial score (nSPS) is 16.3. The number of thiazole rings is 1. The second kappa shape index (κ2) is 8.00. The minimum Gasteiger partial charge on any atom is -0.492 e. The molecular weight excluding hydrogens is 402 g/mol. The Kier molecular flexibility index (Phi) is 5.06. The molecule has 1 saturated heterocycles. The monoisotopic (exact) mass is 423 g/mol. The predicted octanol–water partition coefficient (Wildman–Crippen LogP) is 2.09. The molecule has 2 aromatic heterocycles. The summed E-state index contributed by atoms with van der Waals surface area (Å²) in [5, 5.41) is 7.36. The Morgan fingerprint density at radius 1 is 1.23 bits per heavy atom. The number of nitrogens with zero attached hydrogens (tertiary/aromatic N) is 4. The molecule has 0 spiro atoms. The van der Waals surface area contributed by atoms with Crippen molar-refractivity contribution in [1.82, 2.24) is 25.0 Å². The van der Waals surface area contributed by atoms with E-state index in [2.05, 4.69) is 15.1 Å². The lowest BCUT2D eigenvalue weighted by Gasteiger charge is -2.33. The molecule has 1 aromatic carbocycles. The third-order valence-corrected chi connectivity index (χ3v) is 6.63. The molecule has 3 aromatic rings. The molecule has 1 amide bonds. The van der Waals surface area contributed by atoms with Crippen molar-refractivity contribution in [1.29, 1.82) is 0 Å². The summed E-state index contributed by atoms with van der Waals surface area (Å²) in [5.74, 6) is 0.746. The van der Waals surface area contributed by atoms with Crippen LogP contribution in [0, 0.1) is 0 Å². The number of ether oxygens (including phenoxy) is 1. The summed E-state index contributed by atoms with van der Waals surface area (Å²) in [4.78, 5) is 33.4. The maximum Gasteiger partial charge on any atom is 0.282 e. The van der Waals surface area contributed by atoms with Gasteiger partial charge in [-0.1, -0.05) is 6.07 Å². The highest BCUT2D eigenvalue weighted by Crippen LogP contribution is 2.39. The van der Waals surface area contributed by atoms with Gasteiger partial charge in [-0.3, -0.25) is 14.8 Å². The zero-order valence-corrected chi connectivity index (χ0v) is 17.2. The molecule has 0 saturated carbocycles. The molecule has 0 unspecified atom stereocenters. The number of aromatic nitrogens is 3. The van der Waals surface area contributed by atoms with Gasteiger partial charge in [-0.25, -0.2) is 4.98 Å². The summed E-state index contributed by atoms with van der Waals surface area (Å²) in [6, 6.07) is 6.03. The van der Waals surface area contributed by atoms with Crippen molar-refractivity contribution in [3.63, 3.8) is 0 Å². The van der Waals surface area contributed by atoms with Crippen LogP contribution in [0.5, 0.6) is 5.75 Å². The van der Waals surface area contributed by atoms with Crippen LogP contribution >= 0.6 is 11.3 Å². The van der Waals surface area contributed by atoms with E-state index in [0.717, 1.165) is 45.7 Å². The Labute approximate surface area is 177 Å². The number of hydrogen-bond donors (Lipinski definition) is 1. The third kappa shape index (κ3) is 3.50. The van der Waals surface area contributed by atoms with Crippen LogP contribution in [-0.4, -0.2) is 76.5 Å². The Morgan fingerprint density at radius 3 is 2.87 bits per heavy atom. The summed E-state index contributed by atoms with van der Waals surface area (Å²) < 4.78 is 5.99. The van der Waals surface area contributed by atoms with E-state index in [0.29, 0.717) is 44.3 Å². The molecule has 0 radical (unpaired) electrons. The van der Waals surface area contributed by atoms with Gasteiger partial charge in [0.25, 0.3) is 5.91 Å². The lowest BCUT2D eigenvalue weighted by atomic mass is 10.0. The number of carbonyl (C=O) groups is 2. The van der Waals surface area contributed by atoms with Crippen molar-refractivity contribution >= 4 is 23.5 Å². The molecule has 0 bridgehead atoms. The summed E-state index contributed by atoms with van der Waals surface area (Å²) in [7, 11) is 0. The van der Waals surface area contributed by atoms with Gasteiger partial charge in [-0.05, 0) is 17.7 Å². The number of amides is 1. The molecule has 154 valence electrons. The molecule has 2 aliphatic rings. The van der Waals surface area contributed by atoms with E-state index in [9.17, 15) is 9.59 Å². The van der Waals surface area contributed by atoms with Gasteiger partial charge in [-0.2, -0.15) is 5.10 Å². The van der Waals surface area contributed by atoms with Gasteiger partial charge in [0, 0.05) is 54.8 Å². The van der Waals surface area contributed by atoms with Crippen LogP contribution in [0.3, 0.4) is 0 Å². The molecule has 0 atom stereocenters. The summed E-state index contributed by atoms with van der Waals surface area (Å²) in [6.07, 6.45) is 5.26. The molecule has 9 heteroatoms. The van der Waals surface area contributed by atoms with E-state index >= 15 is 0 Å². The van der Waals surface area contributed by atoms with Gasteiger partial charge >= 0.3 is 0 Å². The summed E-state index contributed by atoms with van der Waals surface area (Å²) in [5.41, 5.74) is 3.77. The number of piperazine rings is 1. The van der Waals surface area contributed by atoms with Crippen LogP contribution < -0.4 is 4.74 Å². The Balaban J connectivity index is 1.40. The highest BCUT2D eigenvalue weighted by atomic mass is 32.1. The highest BCUT2D eigenvalue weighted by Gasteiger charge is 2.27. The van der Waals surface area contributed by atoms with Crippen molar-refractivity contribution in [3.8, 4) is 28.1 Å². The Morgan fingerprint density at radius 2 is 2.10 bits per heavy atom. The second-order valence-electron chi connectivity index (χ2n) is 7.35. The molecule has 4 heterocycles. The Bertz CT molecular complexity index is 1070. The number of hydrogen-bond acceptors (Lipinski definition) is 7. The standard InChI is InChI=1S/C21H21N5O3S/c27-9-8-25-4-6-26(7-5-25)21(28)20-24-19-16-2-1-14(15-12-22-23-13-15)11-17(16)29-10-3-18(19)30-20/h1-2,9,11-13H,3-8,10H2,(H,22,23). The number of rotatable bonds is 4. The summed E-state index contributed by atoms with van der Waals surface area (Å²) in [6.45, 7) is 3.63. The second-order valence-corrected chi connectivity index (χ2v) is 8.43. The van der Waals surface area contributed by atoms with Crippen molar-refractivity contribution in [2.24, 2.45) is 0 Å². The van der Waals surface area contributed by atoms with E-state index in [-0.39, 0.29) is 5.91 Å². The SMILES string of the molecule is O=CCN1CCN(C(=O)c2nc3c(s2)CCOc2cc(-c4cn[nH]c4)ccc2-3)CC1. The number of nitrogens with one attached hydrogen (secondary N) is 1. The van der Waals surface area contributed by atoms with Gasteiger partial charge in [0.15, 0.2) is 5.01 Å². The van der Waals surface area contributed by atoms with E-state index < -0.39 is 0 Å². The maximum absolute atomic E-state index is 13.0. The zero-order valence-electron chi connectivity index (χ0n) is 16.3. The molecule has 30 heavy (non-hydrogen) atoms. The van der Waals surface area contributed by atoms with Crippen LogP contribution in [0.4, 0.5) is 0 Å². The topological polar surface area (TPSA) is 91.4 Å². The molecule has 2 aliphatic heterocycles. The van der Waals surface area contributed by atoms with Crippen LogP contribution in [0.25, 0.3) is 22.4 Å². The number of fused-ring (bicyclic) bond motifs is 3. The molecule has 0 aliphatic carbocycles. The lowest BCUT2D eigenvalue weighted by Crippen LogP contribution is -2.49. The largest absolute Gasteiger partial charge is 0.492 e. The number of carbonyl (C=O) groups excluding carboxylic acids is 2. The predicted molar refractivity (Wildman–Crippen MR) is 113 cm³/mol. The minimum absolute atomic E-state index is 0.0312. The van der Waals surface area contributed by atoms with Gasteiger partial charge in [0.2, 0.25) is 0 Å².